The Kier molecular flexibility index (Phi) is 5.67. The zero-order valence-corrected chi connectivity index (χ0v) is 21.7. The number of aryl methyl sites for hydroxylation is 1. The van der Waals surface area contributed by atoms with Crippen LogP contribution in [0.3, 0.4) is 0 Å². The fraction of sp³-hybridized carbons (Fsp3) is 0.0968. The predicted octanol–water partition coefficient (Wildman–Crippen LogP) is 5.63. The normalized spacial score (nSPS) is 16.2. The van der Waals surface area contributed by atoms with Crippen LogP contribution in [-0.4, -0.2) is 9.49 Å². The number of thiazole rings is 1. The van der Waals surface area contributed by atoms with Crippen molar-refractivity contribution in [3.05, 3.63) is 149 Å². The van der Waals surface area contributed by atoms with Gasteiger partial charge in [0.15, 0.2) is 4.80 Å². The third-order valence-electron chi connectivity index (χ3n) is 7.32. The lowest BCUT2D eigenvalue weighted by Crippen LogP contribution is -2.38. The van der Waals surface area contributed by atoms with Gasteiger partial charge in [0.25, 0.3) is 11.2 Å². The molecule has 3 heterocycles. The summed E-state index contributed by atoms with van der Waals surface area (Å²) in [7, 11) is 0. The van der Waals surface area contributed by atoms with E-state index in [1.165, 1.54) is 41.2 Å². The van der Waals surface area contributed by atoms with Gasteiger partial charge in [0.2, 0.25) is 0 Å². The van der Waals surface area contributed by atoms with Crippen LogP contribution in [0.1, 0.15) is 34.9 Å². The van der Waals surface area contributed by atoms with Gasteiger partial charge in [-0.15, -0.1) is 0 Å². The van der Waals surface area contributed by atoms with Gasteiger partial charge in [-0.2, -0.15) is 0 Å². The molecule has 0 amide bonds. The van der Waals surface area contributed by atoms with E-state index in [0.29, 0.717) is 26.4 Å². The van der Waals surface area contributed by atoms with Crippen molar-refractivity contribution in [3.8, 4) is 11.3 Å². The molecule has 7 nitrogen and oxygen atoms in total. The second-order valence-electron chi connectivity index (χ2n) is 9.67. The van der Waals surface area contributed by atoms with Crippen molar-refractivity contribution in [1.29, 1.82) is 0 Å². The lowest BCUT2D eigenvalue weighted by atomic mass is 9.83. The van der Waals surface area contributed by atoms with Crippen molar-refractivity contribution in [1.82, 2.24) is 4.57 Å². The first-order valence-electron chi connectivity index (χ1n) is 12.7. The molecule has 1 atom stereocenters. The Bertz CT molecular complexity index is 2020. The van der Waals surface area contributed by atoms with Crippen molar-refractivity contribution in [3.63, 3.8) is 0 Å². The summed E-state index contributed by atoms with van der Waals surface area (Å²) < 4.78 is 22.0. The molecule has 2 aromatic heterocycles. The molecule has 0 saturated heterocycles. The maximum atomic E-state index is 13.8. The highest BCUT2D eigenvalue weighted by Gasteiger charge is 2.32. The largest absolute Gasteiger partial charge is 0.457 e. The topological polar surface area (TPSA) is 90.6 Å². The number of allylic oxidation sites excluding steroid dienone is 1. The van der Waals surface area contributed by atoms with E-state index in [1.54, 1.807) is 47.0 Å². The number of hydrogen-bond acceptors (Lipinski definition) is 6. The standard InChI is InChI=1S/C31H20FN3O4S/c32-21-10-5-20(6-11-21)29-25-15-9-18-3-1-2-4-24(18)28(25)33-31-34(29)30(36)27(40-31)17-23-14-16-26(39-23)19-7-12-22(13-8-19)35(37)38/h1-8,10-14,16-17,29H,9,15H2/b27-17+/t29-/m0/s1. The Labute approximate surface area is 230 Å². The van der Waals surface area contributed by atoms with Gasteiger partial charge < -0.3 is 4.42 Å². The number of hydrogen-bond donors (Lipinski definition) is 0. The summed E-state index contributed by atoms with van der Waals surface area (Å²) in [5, 5.41) is 11.0. The quantitative estimate of drug-likeness (QED) is 0.215. The van der Waals surface area contributed by atoms with Crippen molar-refractivity contribution < 1.29 is 13.7 Å². The number of furan rings is 1. The average Bonchev–Trinajstić information content (AvgIpc) is 3.57. The van der Waals surface area contributed by atoms with Crippen molar-refractivity contribution >= 4 is 28.8 Å². The molecule has 9 heteroatoms. The molecular weight excluding hydrogens is 529 g/mol. The number of nitro groups is 1. The van der Waals surface area contributed by atoms with Gasteiger partial charge in [0.1, 0.15) is 17.3 Å². The number of fused-ring (bicyclic) bond motifs is 3. The first-order valence-corrected chi connectivity index (χ1v) is 13.5. The van der Waals surface area contributed by atoms with Gasteiger partial charge in [-0.1, -0.05) is 47.7 Å². The van der Waals surface area contributed by atoms with Gasteiger partial charge in [0, 0.05) is 29.3 Å². The van der Waals surface area contributed by atoms with Gasteiger partial charge >= 0.3 is 0 Å². The van der Waals surface area contributed by atoms with Crippen LogP contribution < -0.4 is 14.9 Å². The highest BCUT2D eigenvalue weighted by Crippen LogP contribution is 2.41. The minimum Gasteiger partial charge on any atom is -0.457 e. The summed E-state index contributed by atoms with van der Waals surface area (Å²) in [6.45, 7) is 0. The van der Waals surface area contributed by atoms with E-state index in [0.717, 1.165) is 35.2 Å². The summed E-state index contributed by atoms with van der Waals surface area (Å²) in [5.74, 6) is 0.678. The summed E-state index contributed by atoms with van der Waals surface area (Å²) in [6, 6.07) is 23.7. The highest BCUT2D eigenvalue weighted by molar-refractivity contribution is 7.07. The molecule has 5 aromatic rings. The highest BCUT2D eigenvalue weighted by atomic mass is 32.1. The van der Waals surface area contributed by atoms with Crippen LogP contribution in [0.4, 0.5) is 10.1 Å². The fourth-order valence-corrected chi connectivity index (χ4v) is 6.41. The average molecular weight is 550 g/mol. The number of aromatic nitrogens is 1. The van der Waals surface area contributed by atoms with Crippen LogP contribution in [0.2, 0.25) is 0 Å². The molecule has 196 valence electrons. The fourth-order valence-electron chi connectivity index (χ4n) is 5.43. The number of halogens is 1. The molecule has 0 fully saturated rings. The molecule has 0 N–H and O–H groups in total. The lowest BCUT2D eigenvalue weighted by Gasteiger charge is -2.30. The second kappa shape index (κ2) is 9.39. The van der Waals surface area contributed by atoms with Crippen LogP contribution in [0.5, 0.6) is 0 Å². The SMILES string of the molecule is O=c1/c(=C\c2ccc(-c3ccc([N+](=O)[O-])cc3)o2)sc2n1[C@@H](c1ccc(F)cc1)C1=C(N=2)c2ccccc2CC1. The Hall–Kier alpha value is -4.89. The lowest BCUT2D eigenvalue weighted by molar-refractivity contribution is -0.384. The number of rotatable bonds is 4. The summed E-state index contributed by atoms with van der Waals surface area (Å²) >= 11 is 1.28. The van der Waals surface area contributed by atoms with E-state index >= 15 is 0 Å². The summed E-state index contributed by atoms with van der Waals surface area (Å²) in [4.78, 5) is 29.9. The number of nitro benzene ring substituents is 1. The van der Waals surface area contributed by atoms with Crippen LogP contribution in [0.25, 0.3) is 23.1 Å². The molecular formula is C31H20FN3O4S. The van der Waals surface area contributed by atoms with Crippen LogP contribution in [-0.2, 0) is 6.42 Å². The van der Waals surface area contributed by atoms with Crippen molar-refractivity contribution in [2.45, 2.75) is 18.9 Å². The number of non-ortho nitro benzene ring substituents is 1. The Morgan fingerprint density at radius 3 is 2.55 bits per heavy atom. The molecule has 0 unspecified atom stereocenters. The van der Waals surface area contributed by atoms with Crippen LogP contribution in [0, 0.1) is 15.9 Å². The van der Waals surface area contributed by atoms with E-state index in [2.05, 4.69) is 12.1 Å². The maximum Gasteiger partial charge on any atom is 0.271 e. The Balaban J connectivity index is 1.36. The van der Waals surface area contributed by atoms with Gasteiger partial charge in [-0.25, -0.2) is 9.38 Å². The van der Waals surface area contributed by atoms with E-state index in [1.807, 2.05) is 12.1 Å². The smallest absolute Gasteiger partial charge is 0.271 e. The second-order valence-corrected chi connectivity index (χ2v) is 10.7. The molecule has 1 aliphatic carbocycles. The predicted molar refractivity (Wildman–Crippen MR) is 150 cm³/mol. The molecule has 0 spiro atoms. The third kappa shape index (κ3) is 4.02. The molecule has 0 bridgehead atoms. The van der Waals surface area contributed by atoms with E-state index in [4.69, 9.17) is 9.41 Å². The minimum atomic E-state index is -0.452. The maximum absolute atomic E-state index is 13.8. The molecule has 2 aliphatic rings. The van der Waals surface area contributed by atoms with Gasteiger partial charge in [-0.3, -0.25) is 19.5 Å². The van der Waals surface area contributed by atoms with E-state index in [-0.39, 0.29) is 17.1 Å². The van der Waals surface area contributed by atoms with Gasteiger partial charge in [0.05, 0.1) is 21.2 Å². The molecule has 1 aliphatic heterocycles. The zero-order valence-electron chi connectivity index (χ0n) is 20.9. The first kappa shape index (κ1) is 24.2. The molecule has 0 saturated carbocycles. The molecule has 40 heavy (non-hydrogen) atoms. The van der Waals surface area contributed by atoms with Crippen molar-refractivity contribution in [2.75, 3.05) is 0 Å². The Morgan fingerprint density at radius 1 is 1.00 bits per heavy atom. The molecule has 0 radical (unpaired) electrons. The monoisotopic (exact) mass is 549 g/mol. The van der Waals surface area contributed by atoms with E-state index < -0.39 is 11.0 Å². The summed E-state index contributed by atoms with van der Waals surface area (Å²) in [6.07, 6.45) is 3.28. The van der Waals surface area contributed by atoms with Crippen LogP contribution >= 0.6 is 11.3 Å². The Morgan fingerprint density at radius 2 is 1.77 bits per heavy atom. The van der Waals surface area contributed by atoms with Crippen molar-refractivity contribution in [2.24, 2.45) is 4.99 Å². The van der Waals surface area contributed by atoms with Gasteiger partial charge in [-0.05, 0) is 65.9 Å². The number of nitrogens with zero attached hydrogens (tertiary/aromatic N) is 3. The first-order chi connectivity index (χ1) is 19.5. The third-order valence-corrected chi connectivity index (χ3v) is 8.30. The summed E-state index contributed by atoms with van der Waals surface area (Å²) in [5.41, 5.74) is 5.52. The van der Waals surface area contributed by atoms with Crippen LogP contribution in [0.15, 0.2) is 105 Å². The zero-order chi connectivity index (χ0) is 27.4. The molecule has 3 aromatic carbocycles. The minimum absolute atomic E-state index is 0.00216. The molecule has 7 rings (SSSR count). The van der Waals surface area contributed by atoms with E-state index in [9.17, 15) is 19.3 Å². The number of benzene rings is 3.